The molecule has 8 heteroatoms. The van der Waals surface area contributed by atoms with E-state index in [0.717, 1.165) is 53.5 Å². The van der Waals surface area contributed by atoms with Crippen molar-refractivity contribution in [1.29, 1.82) is 0 Å². The third-order valence-corrected chi connectivity index (χ3v) is 9.21. The molecule has 1 aliphatic rings. The SMILES string of the molecule is COc1cc(C)c(S(=O)N(C)CCSCC(=O)N(C)Cc2ccc3c(c2)CCN(C)CC3)c(C)c1. The van der Waals surface area contributed by atoms with E-state index in [0.29, 0.717) is 18.8 Å². The quantitative estimate of drug-likeness (QED) is 0.450. The molecule has 0 spiro atoms. The van der Waals surface area contributed by atoms with Gasteiger partial charge in [0.25, 0.3) is 0 Å². The summed E-state index contributed by atoms with van der Waals surface area (Å²) in [6, 6.07) is 10.5. The van der Waals surface area contributed by atoms with E-state index in [1.54, 1.807) is 18.9 Å². The van der Waals surface area contributed by atoms with Crippen LogP contribution in [0.5, 0.6) is 5.75 Å². The summed E-state index contributed by atoms with van der Waals surface area (Å²) in [5.74, 6) is 2.06. The fraction of sp³-hybridized carbons (Fsp3) is 0.519. The van der Waals surface area contributed by atoms with Gasteiger partial charge in [-0.2, -0.15) is 11.8 Å². The zero-order valence-corrected chi connectivity index (χ0v) is 23.6. The van der Waals surface area contributed by atoms with Crippen LogP contribution in [0.4, 0.5) is 0 Å². The van der Waals surface area contributed by atoms with Crippen LogP contribution in [0, 0.1) is 13.8 Å². The van der Waals surface area contributed by atoms with Crippen molar-refractivity contribution in [3.05, 3.63) is 58.1 Å². The zero-order chi connectivity index (χ0) is 25.5. The molecule has 0 saturated heterocycles. The lowest BCUT2D eigenvalue weighted by molar-refractivity contribution is -0.127. The predicted octanol–water partition coefficient (Wildman–Crippen LogP) is 3.69. The third kappa shape index (κ3) is 7.56. The molecular weight excluding hydrogens is 478 g/mol. The number of likely N-dealkylation sites (N-methyl/N-ethyl adjacent to an activating group) is 1. The molecule has 35 heavy (non-hydrogen) atoms. The first-order valence-corrected chi connectivity index (χ1v) is 14.3. The number of aryl methyl sites for hydroxylation is 2. The summed E-state index contributed by atoms with van der Waals surface area (Å²) in [4.78, 5) is 17.7. The Morgan fingerprint density at radius 1 is 1.09 bits per heavy atom. The molecular formula is C27H39N3O3S2. The number of hydrogen-bond donors (Lipinski definition) is 0. The van der Waals surface area contributed by atoms with Crippen LogP contribution in [0.1, 0.15) is 27.8 Å². The largest absolute Gasteiger partial charge is 0.497 e. The molecule has 0 bridgehead atoms. The van der Waals surface area contributed by atoms with Crippen molar-refractivity contribution in [2.24, 2.45) is 0 Å². The Morgan fingerprint density at radius 3 is 2.40 bits per heavy atom. The van der Waals surface area contributed by atoms with Gasteiger partial charge in [0.05, 0.1) is 17.8 Å². The van der Waals surface area contributed by atoms with Gasteiger partial charge in [0, 0.05) is 46.0 Å². The molecule has 6 nitrogen and oxygen atoms in total. The number of methoxy groups -OCH3 is 1. The van der Waals surface area contributed by atoms with Gasteiger partial charge in [-0.3, -0.25) is 4.79 Å². The number of carbonyl (C=O) groups is 1. The zero-order valence-electron chi connectivity index (χ0n) is 21.9. The van der Waals surface area contributed by atoms with Crippen LogP contribution < -0.4 is 4.74 Å². The van der Waals surface area contributed by atoms with Crippen LogP contribution in [0.15, 0.2) is 35.2 Å². The number of rotatable bonds is 10. The summed E-state index contributed by atoms with van der Waals surface area (Å²) in [7, 11) is 6.30. The second kappa shape index (κ2) is 12.9. The van der Waals surface area contributed by atoms with Gasteiger partial charge >= 0.3 is 0 Å². The van der Waals surface area contributed by atoms with Gasteiger partial charge < -0.3 is 14.5 Å². The minimum absolute atomic E-state index is 0.121. The fourth-order valence-corrected chi connectivity index (χ4v) is 6.65. The number of benzene rings is 2. The molecule has 1 heterocycles. The summed E-state index contributed by atoms with van der Waals surface area (Å²) in [5.41, 5.74) is 5.96. The first-order chi connectivity index (χ1) is 16.7. The van der Waals surface area contributed by atoms with Gasteiger partial charge in [-0.05, 0) is 73.7 Å². The highest BCUT2D eigenvalue weighted by molar-refractivity contribution is 8.00. The van der Waals surface area contributed by atoms with Gasteiger partial charge in [0.1, 0.15) is 16.7 Å². The number of nitrogens with zero attached hydrogens (tertiary/aromatic N) is 3. The maximum atomic E-state index is 13.1. The molecule has 192 valence electrons. The van der Waals surface area contributed by atoms with Gasteiger partial charge in [-0.15, -0.1) is 0 Å². The van der Waals surface area contributed by atoms with Gasteiger partial charge in [-0.25, -0.2) is 8.51 Å². The van der Waals surface area contributed by atoms with Gasteiger partial charge in [0.15, 0.2) is 0 Å². The van der Waals surface area contributed by atoms with Crippen LogP contribution in [-0.2, 0) is 35.2 Å². The maximum Gasteiger partial charge on any atom is 0.232 e. The molecule has 3 rings (SSSR count). The van der Waals surface area contributed by atoms with Gasteiger partial charge in [0.2, 0.25) is 5.91 Å². The highest BCUT2D eigenvalue weighted by Crippen LogP contribution is 2.26. The minimum atomic E-state index is -1.25. The topological polar surface area (TPSA) is 53.1 Å². The van der Waals surface area contributed by atoms with E-state index in [2.05, 4.69) is 30.1 Å². The number of carbonyl (C=O) groups excluding carboxylic acids is 1. The Kier molecular flexibility index (Phi) is 10.2. The molecule has 1 amide bonds. The lowest BCUT2D eigenvalue weighted by Gasteiger charge is -2.20. The Balaban J connectivity index is 1.45. The summed E-state index contributed by atoms with van der Waals surface area (Å²) >= 11 is 1.59. The highest BCUT2D eigenvalue weighted by atomic mass is 32.2. The molecule has 2 aromatic rings. The average Bonchev–Trinajstić information content (AvgIpc) is 3.01. The minimum Gasteiger partial charge on any atom is -0.497 e. The van der Waals surface area contributed by atoms with Crippen LogP contribution >= 0.6 is 11.8 Å². The third-order valence-electron chi connectivity index (χ3n) is 6.55. The number of hydrogen-bond acceptors (Lipinski definition) is 5. The molecule has 1 unspecified atom stereocenters. The van der Waals surface area contributed by atoms with Crippen molar-refractivity contribution in [2.75, 3.05) is 59.4 Å². The van der Waals surface area contributed by atoms with Crippen molar-refractivity contribution in [3.8, 4) is 5.75 Å². The first-order valence-electron chi connectivity index (χ1n) is 12.1. The van der Waals surface area contributed by atoms with Crippen LogP contribution in [0.3, 0.4) is 0 Å². The number of ether oxygens (including phenoxy) is 1. The average molecular weight is 518 g/mol. The van der Waals surface area contributed by atoms with Crippen molar-refractivity contribution in [2.45, 2.75) is 38.1 Å². The molecule has 0 fully saturated rings. The Bertz CT molecular complexity index is 1040. The van der Waals surface area contributed by atoms with Crippen molar-refractivity contribution < 1.29 is 13.7 Å². The lowest BCUT2D eigenvalue weighted by atomic mass is 10.00. The smallest absolute Gasteiger partial charge is 0.232 e. The fourth-order valence-electron chi connectivity index (χ4n) is 4.36. The summed E-state index contributed by atoms with van der Waals surface area (Å²) in [5, 5.41) is 0. The van der Waals surface area contributed by atoms with Gasteiger partial charge in [-0.1, -0.05) is 18.2 Å². The molecule has 1 aliphatic heterocycles. The highest BCUT2D eigenvalue weighted by Gasteiger charge is 2.18. The van der Waals surface area contributed by atoms with E-state index in [-0.39, 0.29) is 5.91 Å². The maximum absolute atomic E-state index is 13.1. The first kappa shape index (κ1) is 27.7. The van der Waals surface area contributed by atoms with Crippen LogP contribution in [0.25, 0.3) is 0 Å². The van der Waals surface area contributed by atoms with E-state index < -0.39 is 11.0 Å². The van der Waals surface area contributed by atoms with E-state index >= 15 is 0 Å². The standard InChI is InChI=1S/C27H39N3O3S2/c1-20-15-25(33-6)16-21(2)27(20)35(32)30(5)13-14-34-19-26(31)29(4)18-22-7-8-23-9-11-28(3)12-10-24(23)17-22/h7-8,15-17H,9-14,18-19H2,1-6H3. The van der Waals surface area contributed by atoms with E-state index in [4.69, 9.17) is 4.74 Å². The predicted molar refractivity (Wildman–Crippen MR) is 147 cm³/mol. The Morgan fingerprint density at radius 2 is 1.74 bits per heavy atom. The van der Waals surface area contributed by atoms with Crippen molar-refractivity contribution in [3.63, 3.8) is 0 Å². The van der Waals surface area contributed by atoms with E-state index in [9.17, 15) is 9.00 Å². The molecule has 0 N–H and O–H groups in total. The van der Waals surface area contributed by atoms with E-state index in [1.807, 2.05) is 49.3 Å². The molecule has 2 aromatic carbocycles. The van der Waals surface area contributed by atoms with Crippen molar-refractivity contribution in [1.82, 2.24) is 14.1 Å². The Hall–Kier alpha value is -1.87. The number of thioether (sulfide) groups is 1. The molecule has 1 atom stereocenters. The summed E-state index contributed by atoms with van der Waals surface area (Å²) in [6.07, 6.45) is 2.16. The molecule has 0 radical (unpaired) electrons. The molecule has 0 aliphatic carbocycles. The van der Waals surface area contributed by atoms with Crippen LogP contribution in [-0.4, -0.2) is 83.6 Å². The lowest BCUT2D eigenvalue weighted by Crippen LogP contribution is -2.29. The van der Waals surface area contributed by atoms with E-state index in [1.165, 1.54) is 16.7 Å². The molecule has 0 aromatic heterocycles. The second-order valence-corrected chi connectivity index (χ2v) is 12.0. The number of fused-ring (bicyclic) bond motifs is 1. The summed E-state index contributed by atoms with van der Waals surface area (Å²) < 4.78 is 20.2. The normalized spacial score (nSPS) is 14.9. The molecule has 0 saturated carbocycles. The summed E-state index contributed by atoms with van der Waals surface area (Å²) in [6.45, 7) is 7.37. The van der Waals surface area contributed by atoms with Crippen molar-refractivity contribution >= 4 is 28.7 Å². The Labute approximate surface area is 217 Å². The monoisotopic (exact) mass is 517 g/mol. The van der Waals surface area contributed by atoms with Crippen LogP contribution in [0.2, 0.25) is 0 Å². The number of amides is 1. The second-order valence-electron chi connectivity index (χ2n) is 9.40.